The van der Waals surface area contributed by atoms with Gasteiger partial charge < -0.3 is 33.9 Å². The number of cyclic esters (lactones) is 1. The van der Waals surface area contributed by atoms with Crippen molar-refractivity contribution in [2.24, 2.45) is 29.1 Å². The SMILES string of the molecule is CO[C@]1(C)CC(C)CN(C)C(C2CCN(CC(C)C)CC2)COC(=O)C(C)(C)C(=O)[C@H](C)[C@H]1OC1OC(C)CC(N(C)C)[C@H]1O. The lowest BCUT2D eigenvalue weighted by molar-refractivity contribution is -0.295. The highest BCUT2D eigenvalue weighted by molar-refractivity contribution is 6.04. The van der Waals surface area contributed by atoms with Crippen molar-refractivity contribution in [3.63, 3.8) is 0 Å². The third-order valence-electron chi connectivity index (χ3n) is 10.7. The molecule has 3 saturated heterocycles. The van der Waals surface area contributed by atoms with Crippen molar-refractivity contribution < 1.29 is 33.6 Å². The van der Waals surface area contributed by atoms with Gasteiger partial charge in [0.1, 0.15) is 18.1 Å². The first-order chi connectivity index (χ1) is 20.9. The van der Waals surface area contributed by atoms with Gasteiger partial charge in [0.05, 0.1) is 17.8 Å². The highest BCUT2D eigenvalue weighted by atomic mass is 16.7. The number of likely N-dealkylation sites (tertiary alicyclic amines) is 1. The summed E-state index contributed by atoms with van der Waals surface area (Å²) in [5, 5.41) is 11.3. The van der Waals surface area contributed by atoms with E-state index in [2.05, 4.69) is 37.6 Å². The van der Waals surface area contributed by atoms with Crippen LogP contribution in [0, 0.1) is 29.1 Å². The van der Waals surface area contributed by atoms with Crippen LogP contribution >= 0.6 is 0 Å². The van der Waals surface area contributed by atoms with Gasteiger partial charge in [-0.25, -0.2) is 0 Å². The normalized spacial score (nSPS) is 38.9. The molecule has 262 valence electrons. The van der Waals surface area contributed by atoms with Crippen LogP contribution in [0.4, 0.5) is 0 Å². The number of aliphatic hydroxyl groups excluding tert-OH is 1. The lowest BCUT2D eigenvalue weighted by Gasteiger charge is -2.47. The van der Waals surface area contributed by atoms with E-state index in [1.54, 1.807) is 27.9 Å². The second kappa shape index (κ2) is 15.8. The highest BCUT2D eigenvalue weighted by Crippen LogP contribution is 2.38. The average Bonchev–Trinajstić information content (AvgIpc) is 2.96. The quantitative estimate of drug-likeness (QED) is 0.328. The molecule has 45 heavy (non-hydrogen) atoms. The number of esters is 1. The first kappa shape index (κ1) is 38.3. The number of hydrogen-bond acceptors (Lipinski definition) is 10. The van der Waals surface area contributed by atoms with Gasteiger partial charge in [0, 0.05) is 38.2 Å². The molecule has 10 nitrogen and oxygen atoms in total. The van der Waals surface area contributed by atoms with Crippen LogP contribution in [0.15, 0.2) is 0 Å². The van der Waals surface area contributed by atoms with Crippen LogP contribution in [0.1, 0.15) is 81.1 Å². The predicted molar refractivity (Wildman–Crippen MR) is 176 cm³/mol. The Kier molecular flexibility index (Phi) is 13.5. The Morgan fingerprint density at radius 1 is 1.09 bits per heavy atom. The van der Waals surface area contributed by atoms with Crippen LogP contribution in [0.2, 0.25) is 0 Å². The van der Waals surface area contributed by atoms with Gasteiger partial charge in [-0.3, -0.25) is 14.5 Å². The van der Waals surface area contributed by atoms with E-state index in [1.807, 2.05) is 32.8 Å². The van der Waals surface area contributed by atoms with Gasteiger partial charge in [0.15, 0.2) is 12.1 Å². The zero-order valence-electron chi connectivity index (χ0n) is 30.4. The number of methoxy groups -OCH3 is 1. The summed E-state index contributed by atoms with van der Waals surface area (Å²) >= 11 is 0. The van der Waals surface area contributed by atoms with Crippen molar-refractivity contribution in [3.8, 4) is 0 Å². The molecule has 10 heteroatoms. The molecule has 5 unspecified atom stereocenters. The molecular weight excluding hydrogens is 574 g/mol. The van der Waals surface area contributed by atoms with E-state index in [9.17, 15) is 14.7 Å². The highest BCUT2D eigenvalue weighted by Gasteiger charge is 2.51. The molecule has 0 radical (unpaired) electrons. The summed E-state index contributed by atoms with van der Waals surface area (Å²) in [6.07, 6.45) is 0.570. The van der Waals surface area contributed by atoms with Gasteiger partial charge in [0.2, 0.25) is 0 Å². The lowest BCUT2D eigenvalue weighted by atomic mass is 9.74. The number of carbonyl (C=O) groups excluding carboxylic acids is 2. The van der Waals surface area contributed by atoms with E-state index in [0.717, 1.165) is 39.0 Å². The van der Waals surface area contributed by atoms with E-state index in [4.69, 9.17) is 18.9 Å². The van der Waals surface area contributed by atoms with Gasteiger partial charge in [-0.2, -0.15) is 0 Å². The van der Waals surface area contributed by atoms with Crippen molar-refractivity contribution in [1.82, 2.24) is 14.7 Å². The number of piperidine rings is 1. The molecule has 3 fully saturated rings. The molecule has 1 N–H and O–H groups in total. The molecule has 9 atom stereocenters. The first-order valence-electron chi connectivity index (χ1n) is 17.3. The van der Waals surface area contributed by atoms with Gasteiger partial charge >= 0.3 is 5.97 Å². The van der Waals surface area contributed by atoms with Crippen LogP contribution in [0.25, 0.3) is 0 Å². The number of likely N-dealkylation sites (N-methyl/N-ethyl adjacent to an activating group) is 2. The fraction of sp³-hybridized carbons (Fsp3) is 0.943. The molecule has 0 aromatic rings. The third-order valence-corrected chi connectivity index (χ3v) is 10.7. The molecule has 0 bridgehead atoms. The number of rotatable bonds is 7. The maximum Gasteiger partial charge on any atom is 0.319 e. The molecule has 3 rings (SSSR count). The molecule has 3 heterocycles. The van der Waals surface area contributed by atoms with Crippen molar-refractivity contribution in [2.75, 3.05) is 61.0 Å². The molecule has 0 saturated carbocycles. The van der Waals surface area contributed by atoms with Gasteiger partial charge in [0.25, 0.3) is 0 Å². The van der Waals surface area contributed by atoms with Crippen molar-refractivity contribution >= 4 is 11.8 Å². The molecular formula is C35H65N3O7. The van der Waals surface area contributed by atoms with Gasteiger partial charge in [-0.05, 0) is 105 Å². The van der Waals surface area contributed by atoms with Crippen LogP contribution in [-0.4, -0.2) is 135 Å². The van der Waals surface area contributed by atoms with Crippen LogP contribution in [0.5, 0.6) is 0 Å². The second-order valence-electron chi connectivity index (χ2n) is 15.9. The van der Waals surface area contributed by atoms with E-state index in [1.165, 1.54) is 0 Å². The number of hydrogen-bond donors (Lipinski definition) is 1. The zero-order chi connectivity index (χ0) is 33.9. The van der Waals surface area contributed by atoms with Gasteiger partial charge in [-0.1, -0.05) is 27.7 Å². The minimum Gasteiger partial charge on any atom is -0.463 e. The Bertz CT molecular complexity index is 969. The van der Waals surface area contributed by atoms with Crippen LogP contribution in [-0.2, 0) is 28.5 Å². The maximum absolute atomic E-state index is 14.2. The summed E-state index contributed by atoms with van der Waals surface area (Å²) in [7, 11) is 7.64. The molecule has 3 aliphatic rings. The number of carbonyl (C=O) groups is 2. The first-order valence-corrected chi connectivity index (χ1v) is 17.3. The van der Waals surface area contributed by atoms with Gasteiger partial charge in [-0.15, -0.1) is 0 Å². The molecule has 0 aromatic heterocycles. The summed E-state index contributed by atoms with van der Waals surface area (Å²) in [4.78, 5) is 34.8. The Labute approximate surface area is 273 Å². The molecule has 0 spiro atoms. The molecule has 0 aromatic carbocycles. The van der Waals surface area contributed by atoms with Crippen LogP contribution < -0.4 is 0 Å². The van der Waals surface area contributed by atoms with Crippen LogP contribution in [0.3, 0.4) is 0 Å². The predicted octanol–water partition coefficient (Wildman–Crippen LogP) is 3.69. The number of Topliss-reactive ketones (excluding diaryl/α,β-unsaturated/α-hetero) is 1. The van der Waals surface area contributed by atoms with Crippen molar-refractivity contribution in [1.29, 1.82) is 0 Å². The fourth-order valence-electron chi connectivity index (χ4n) is 8.10. The lowest BCUT2D eigenvalue weighted by Crippen LogP contribution is -2.59. The Balaban J connectivity index is 1.94. The summed E-state index contributed by atoms with van der Waals surface area (Å²) in [6, 6.07) is -0.112. The second-order valence-corrected chi connectivity index (χ2v) is 15.9. The number of nitrogens with zero attached hydrogens (tertiary/aromatic N) is 3. The molecule has 3 aliphatic heterocycles. The summed E-state index contributed by atoms with van der Waals surface area (Å²) in [5.74, 6) is -0.338. The van der Waals surface area contributed by atoms with E-state index >= 15 is 0 Å². The largest absolute Gasteiger partial charge is 0.463 e. The van der Waals surface area contributed by atoms with Crippen molar-refractivity contribution in [3.05, 3.63) is 0 Å². The number of ether oxygens (including phenoxy) is 4. The van der Waals surface area contributed by atoms with E-state index in [0.29, 0.717) is 24.7 Å². The summed E-state index contributed by atoms with van der Waals surface area (Å²) < 4.78 is 25.1. The average molecular weight is 640 g/mol. The fourth-order valence-corrected chi connectivity index (χ4v) is 8.10. The number of aliphatic hydroxyl groups is 1. The topological polar surface area (TPSA) is 101 Å². The standard InChI is InChI=1S/C35H65N3O7/c1-22(2)19-38-15-13-26(14-16-38)28-21-43-33(41)34(6,7)30(40)25(5)31(35(8,42-12)18-23(3)20-37(28)11)45-32-29(39)27(36(9)10)17-24(4)44-32/h22-29,31-32,39H,13-21H2,1-12H3/t23?,24?,25-,27?,28?,29+,31+,32?,35+/m0/s1. The Morgan fingerprint density at radius 2 is 1.71 bits per heavy atom. The Hall–Kier alpha value is -1.14. The van der Waals surface area contributed by atoms with E-state index in [-0.39, 0.29) is 36.5 Å². The minimum atomic E-state index is -1.40. The summed E-state index contributed by atoms with van der Waals surface area (Å²) in [6.45, 7) is 20.0. The summed E-state index contributed by atoms with van der Waals surface area (Å²) in [5.41, 5.74) is -2.30. The molecule has 0 aliphatic carbocycles. The van der Waals surface area contributed by atoms with Crippen molar-refractivity contribution in [2.45, 2.75) is 123 Å². The van der Waals surface area contributed by atoms with E-state index < -0.39 is 41.4 Å². The smallest absolute Gasteiger partial charge is 0.319 e. The third kappa shape index (κ3) is 9.27. The molecule has 0 amide bonds. The monoisotopic (exact) mass is 639 g/mol. The Morgan fingerprint density at radius 3 is 2.27 bits per heavy atom. The maximum atomic E-state index is 14.2. The number of ketones is 1. The zero-order valence-corrected chi connectivity index (χ0v) is 30.4. The minimum absolute atomic E-state index is 0.0535.